The van der Waals surface area contributed by atoms with Gasteiger partial charge >= 0.3 is 0 Å². The van der Waals surface area contributed by atoms with Crippen molar-refractivity contribution in [1.29, 1.82) is 0 Å². The Labute approximate surface area is 243 Å². The van der Waals surface area contributed by atoms with Crippen LogP contribution in [0.25, 0.3) is 0 Å². The summed E-state index contributed by atoms with van der Waals surface area (Å²) in [6.07, 6.45) is 2.99. The van der Waals surface area contributed by atoms with Gasteiger partial charge in [0.1, 0.15) is 17.8 Å². The molecule has 3 N–H and O–H groups in total. The van der Waals surface area contributed by atoms with Gasteiger partial charge in [-0.05, 0) is 72.4 Å². The summed E-state index contributed by atoms with van der Waals surface area (Å²) in [7, 11) is 1.56. The third kappa shape index (κ3) is 7.54. The summed E-state index contributed by atoms with van der Waals surface area (Å²) in [5.41, 5.74) is 3.79. The van der Waals surface area contributed by atoms with Gasteiger partial charge in [0.25, 0.3) is 0 Å². The molecule has 0 heterocycles. The molecule has 2 aromatic carbocycles. The van der Waals surface area contributed by atoms with Gasteiger partial charge in [-0.2, -0.15) is 0 Å². The quantitative estimate of drug-likeness (QED) is 0.350. The standard InChI is InChI=1S/C33H43N3O5/c1-19(2)14-28(34-31(38)17-22-16-30(37)25-12-11-23(41-5)18-26(22)25)32(39)36-29(15-20(3)4)33(40)35-27-13-10-21-8-6-7-9-24(21)27/h6-9,11-12,18-20,22,27-29H,10,13-17H2,1-5H3,(H,34,38)(H,35,40)(H,36,39)/t22?,27?,28-,29+/m0/s1. The van der Waals surface area contributed by atoms with Crippen LogP contribution < -0.4 is 20.7 Å². The first kappa shape index (κ1) is 30.3. The lowest BCUT2D eigenvalue weighted by molar-refractivity contribution is -0.133. The monoisotopic (exact) mass is 561 g/mol. The lowest BCUT2D eigenvalue weighted by Gasteiger charge is -2.26. The average Bonchev–Trinajstić information content (AvgIpc) is 3.47. The van der Waals surface area contributed by atoms with Gasteiger partial charge in [-0.1, -0.05) is 52.0 Å². The number of nitrogens with one attached hydrogen (secondary N) is 3. The topological polar surface area (TPSA) is 114 Å². The van der Waals surface area contributed by atoms with Crippen LogP contribution in [0.2, 0.25) is 0 Å². The molecule has 2 unspecified atom stereocenters. The van der Waals surface area contributed by atoms with Crippen molar-refractivity contribution in [3.05, 3.63) is 64.7 Å². The molecule has 0 fully saturated rings. The zero-order chi connectivity index (χ0) is 29.7. The second-order valence-corrected chi connectivity index (χ2v) is 12.2. The molecule has 0 aromatic heterocycles. The number of hydrogen-bond acceptors (Lipinski definition) is 5. The lowest BCUT2D eigenvalue weighted by atomic mass is 9.96. The summed E-state index contributed by atoms with van der Waals surface area (Å²) in [4.78, 5) is 52.7. The van der Waals surface area contributed by atoms with Crippen LogP contribution in [0.1, 0.15) is 98.8 Å². The number of aryl methyl sites for hydroxylation is 1. The zero-order valence-electron chi connectivity index (χ0n) is 24.8. The Kier molecular flexibility index (Phi) is 9.84. The van der Waals surface area contributed by atoms with Crippen molar-refractivity contribution in [2.24, 2.45) is 11.8 Å². The number of carbonyl (C=O) groups is 4. The van der Waals surface area contributed by atoms with Crippen LogP contribution >= 0.6 is 0 Å². The van der Waals surface area contributed by atoms with E-state index < -0.39 is 12.1 Å². The maximum Gasteiger partial charge on any atom is 0.243 e. The highest BCUT2D eigenvalue weighted by Gasteiger charge is 2.34. The molecule has 0 radical (unpaired) electrons. The Hall–Kier alpha value is -3.68. The van der Waals surface area contributed by atoms with E-state index in [1.54, 1.807) is 19.2 Å². The number of benzene rings is 2. The first-order valence-electron chi connectivity index (χ1n) is 14.7. The van der Waals surface area contributed by atoms with E-state index in [1.807, 2.05) is 52.0 Å². The Balaban J connectivity index is 1.42. The van der Waals surface area contributed by atoms with Gasteiger partial charge in [-0.15, -0.1) is 0 Å². The fourth-order valence-electron chi connectivity index (χ4n) is 6.02. The highest BCUT2D eigenvalue weighted by atomic mass is 16.5. The fourth-order valence-corrected chi connectivity index (χ4v) is 6.02. The van der Waals surface area contributed by atoms with E-state index in [0.29, 0.717) is 24.2 Å². The number of ketones is 1. The van der Waals surface area contributed by atoms with Crippen molar-refractivity contribution in [3.63, 3.8) is 0 Å². The van der Waals surface area contributed by atoms with Crippen LogP contribution in [0.3, 0.4) is 0 Å². The minimum Gasteiger partial charge on any atom is -0.497 e. The van der Waals surface area contributed by atoms with Crippen LogP contribution in [0.4, 0.5) is 0 Å². The third-order valence-electron chi connectivity index (χ3n) is 8.01. The maximum atomic E-state index is 13.5. The molecule has 4 rings (SSSR count). The normalized spacial score (nSPS) is 19.0. The average molecular weight is 562 g/mol. The minimum atomic E-state index is -0.793. The van der Waals surface area contributed by atoms with Crippen LogP contribution in [-0.2, 0) is 20.8 Å². The molecule has 0 aliphatic heterocycles. The number of methoxy groups -OCH3 is 1. The van der Waals surface area contributed by atoms with E-state index in [1.165, 1.54) is 5.56 Å². The van der Waals surface area contributed by atoms with E-state index in [2.05, 4.69) is 22.0 Å². The smallest absolute Gasteiger partial charge is 0.243 e. The molecule has 2 aliphatic carbocycles. The summed E-state index contributed by atoms with van der Waals surface area (Å²) in [5.74, 6) is -0.201. The maximum absolute atomic E-state index is 13.5. The van der Waals surface area contributed by atoms with Crippen LogP contribution in [-0.4, -0.2) is 42.7 Å². The number of amides is 3. The molecule has 0 saturated carbocycles. The summed E-state index contributed by atoms with van der Waals surface area (Å²) >= 11 is 0. The molecular weight excluding hydrogens is 518 g/mol. The van der Waals surface area contributed by atoms with Gasteiger partial charge < -0.3 is 20.7 Å². The molecule has 0 spiro atoms. The lowest BCUT2D eigenvalue weighted by Crippen LogP contribution is -2.54. The summed E-state index contributed by atoms with van der Waals surface area (Å²) < 4.78 is 5.31. The number of Topliss-reactive ketones (excluding diaryl/α,β-unsaturated/α-hetero) is 1. The highest BCUT2D eigenvalue weighted by Crippen LogP contribution is 2.37. The fraction of sp³-hybridized carbons (Fsp3) is 0.515. The van der Waals surface area contributed by atoms with E-state index in [9.17, 15) is 19.2 Å². The summed E-state index contributed by atoms with van der Waals surface area (Å²) in [6.45, 7) is 8.00. The Morgan fingerprint density at radius 1 is 0.902 bits per heavy atom. The Morgan fingerprint density at radius 3 is 2.27 bits per heavy atom. The second kappa shape index (κ2) is 13.3. The van der Waals surface area contributed by atoms with Crippen molar-refractivity contribution in [3.8, 4) is 5.75 Å². The van der Waals surface area contributed by atoms with Gasteiger partial charge in [-0.3, -0.25) is 19.2 Å². The molecule has 4 atom stereocenters. The van der Waals surface area contributed by atoms with Crippen molar-refractivity contribution < 1.29 is 23.9 Å². The van der Waals surface area contributed by atoms with E-state index in [-0.39, 0.29) is 60.1 Å². The SMILES string of the molecule is COc1ccc2c(c1)C(CC(=O)N[C@@H](CC(C)C)C(=O)N[C@H](CC(C)C)C(=O)NC1CCc3ccccc31)CC2=O. The zero-order valence-corrected chi connectivity index (χ0v) is 24.8. The van der Waals surface area contributed by atoms with E-state index in [4.69, 9.17) is 4.74 Å². The number of fused-ring (bicyclic) bond motifs is 2. The second-order valence-electron chi connectivity index (χ2n) is 12.2. The molecule has 3 amide bonds. The molecular formula is C33H43N3O5. The Morgan fingerprint density at radius 2 is 1.59 bits per heavy atom. The number of carbonyl (C=O) groups excluding carboxylic acids is 4. The first-order chi connectivity index (χ1) is 19.5. The van der Waals surface area contributed by atoms with Gasteiger partial charge in [0.05, 0.1) is 13.2 Å². The predicted molar refractivity (Wildman–Crippen MR) is 158 cm³/mol. The molecule has 2 aromatic rings. The molecule has 220 valence electrons. The summed E-state index contributed by atoms with van der Waals surface area (Å²) in [5, 5.41) is 9.01. The molecule has 8 heteroatoms. The van der Waals surface area contributed by atoms with Gasteiger partial charge in [0.15, 0.2) is 5.78 Å². The predicted octanol–water partition coefficient (Wildman–Crippen LogP) is 4.62. The molecule has 8 nitrogen and oxygen atoms in total. The largest absolute Gasteiger partial charge is 0.497 e. The molecule has 0 saturated heterocycles. The highest BCUT2D eigenvalue weighted by molar-refractivity contribution is 6.02. The van der Waals surface area contributed by atoms with Crippen molar-refractivity contribution >= 4 is 23.5 Å². The van der Waals surface area contributed by atoms with Crippen LogP contribution in [0.5, 0.6) is 5.75 Å². The Bertz CT molecular complexity index is 1290. The van der Waals surface area contributed by atoms with Crippen LogP contribution in [0, 0.1) is 11.8 Å². The van der Waals surface area contributed by atoms with E-state index in [0.717, 1.165) is 24.0 Å². The van der Waals surface area contributed by atoms with E-state index >= 15 is 0 Å². The van der Waals surface area contributed by atoms with Crippen molar-refractivity contribution in [2.75, 3.05) is 7.11 Å². The number of rotatable bonds is 12. The molecule has 41 heavy (non-hydrogen) atoms. The van der Waals surface area contributed by atoms with Gasteiger partial charge in [0, 0.05) is 24.3 Å². The van der Waals surface area contributed by atoms with Gasteiger partial charge in [0.2, 0.25) is 17.7 Å². The minimum absolute atomic E-state index is 0.00403. The summed E-state index contributed by atoms with van der Waals surface area (Å²) in [6, 6.07) is 11.8. The molecule has 0 bridgehead atoms. The van der Waals surface area contributed by atoms with Gasteiger partial charge in [-0.25, -0.2) is 0 Å². The van der Waals surface area contributed by atoms with Crippen molar-refractivity contribution in [2.45, 2.75) is 90.3 Å². The number of ether oxygens (including phenoxy) is 1. The molecule has 2 aliphatic rings. The third-order valence-corrected chi connectivity index (χ3v) is 8.01. The van der Waals surface area contributed by atoms with Crippen molar-refractivity contribution in [1.82, 2.24) is 16.0 Å². The number of hydrogen-bond donors (Lipinski definition) is 3. The van der Waals surface area contributed by atoms with Crippen LogP contribution in [0.15, 0.2) is 42.5 Å². The first-order valence-corrected chi connectivity index (χ1v) is 14.7.